The summed E-state index contributed by atoms with van der Waals surface area (Å²) in [4.78, 5) is 21.9. The Kier molecular flexibility index (Phi) is 5.06. The zero-order chi connectivity index (χ0) is 21.4. The maximum atomic E-state index is 12.3. The first kappa shape index (κ1) is 19.5. The molecule has 158 valence electrons. The van der Waals surface area contributed by atoms with Gasteiger partial charge < -0.3 is 10.6 Å². The van der Waals surface area contributed by atoms with Gasteiger partial charge in [-0.3, -0.25) is 9.20 Å². The topological polar surface area (TPSA) is 71.3 Å². The van der Waals surface area contributed by atoms with Crippen molar-refractivity contribution in [3.63, 3.8) is 0 Å². The zero-order valence-corrected chi connectivity index (χ0v) is 18.0. The molecule has 0 radical (unpaired) electrons. The van der Waals surface area contributed by atoms with E-state index in [1.54, 1.807) is 0 Å². The molecular formula is C25H27N5O. The van der Waals surface area contributed by atoms with Crippen LogP contribution in [0.5, 0.6) is 0 Å². The minimum Gasteiger partial charge on any atom is -0.367 e. The van der Waals surface area contributed by atoms with Gasteiger partial charge in [0.25, 0.3) is 5.91 Å². The van der Waals surface area contributed by atoms with Crippen molar-refractivity contribution < 1.29 is 4.79 Å². The largest absolute Gasteiger partial charge is 0.367 e. The predicted octanol–water partition coefficient (Wildman–Crippen LogP) is 4.96. The Morgan fingerprint density at radius 2 is 1.97 bits per heavy atom. The lowest BCUT2D eigenvalue weighted by atomic mass is 10.1. The van der Waals surface area contributed by atoms with E-state index in [9.17, 15) is 4.79 Å². The standard InChI is InChI=1S/C25H27N5O/c1-3-4-13-26-23-24-27-15-22(30(24)21-12-5-16(2)14-20(21)29-23)17-6-8-18(9-7-17)25(31)28-19-10-11-19/h5-9,12,14-15,19H,3-4,10-11,13H2,1-2H3,(H,26,29)(H,28,31). The van der Waals surface area contributed by atoms with Crippen LogP contribution >= 0.6 is 0 Å². The molecule has 1 aliphatic carbocycles. The highest BCUT2D eigenvalue weighted by Gasteiger charge is 2.23. The Balaban J connectivity index is 1.58. The fraction of sp³-hybridized carbons (Fsp3) is 0.320. The van der Waals surface area contributed by atoms with Crippen molar-refractivity contribution in [1.82, 2.24) is 19.7 Å². The number of nitrogens with one attached hydrogen (secondary N) is 2. The predicted molar refractivity (Wildman–Crippen MR) is 125 cm³/mol. The highest BCUT2D eigenvalue weighted by atomic mass is 16.1. The van der Waals surface area contributed by atoms with Crippen LogP contribution in [0.2, 0.25) is 0 Å². The molecule has 4 aromatic rings. The number of aryl methyl sites for hydroxylation is 1. The van der Waals surface area contributed by atoms with Crippen molar-refractivity contribution in [2.24, 2.45) is 0 Å². The second-order valence-electron chi connectivity index (χ2n) is 8.36. The summed E-state index contributed by atoms with van der Waals surface area (Å²) < 4.78 is 2.16. The zero-order valence-electron chi connectivity index (χ0n) is 18.0. The first-order chi connectivity index (χ1) is 15.1. The minimum atomic E-state index is -0.000252. The smallest absolute Gasteiger partial charge is 0.251 e. The molecule has 0 atom stereocenters. The highest BCUT2D eigenvalue weighted by molar-refractivity contribution is 5.95. The van der Waals surface area contributed by atoms with E-state index in [1.807, 2.05) is 30.5 Å². The monoisotopic (exact) mass is 413 g/mol. The molecule has 0 bridgehead atoms. The van der Waals surface area contributed by atoms with E-state index in [-0.39, 0.29) is 5.91 Å². The van der Waals surface area contributed by atoms with Gasteiger partial charge in [-0.2, -0.15) is 0 Å². The van der Waals surface area contributed by atoms with E-state index in [0.29, 0.717) is 11.6 Å². The maximum absolute atomic E-state index is 12.3. The summed E-state index contributed by atoms with van der Waals surface area (Å²) in [5, 5.41) is 6.51. The summed E-state index contributed by atoms with van der Waals surface area (Å²) in [5.74, 6) is 0.804. The van der Waals surface area contributed by atoms with Crippen LogP contribution in [-0.4, -0.2) is 32.9 Å². The first-order valence-electron chi connectivity index (χ1n) is 11.1. The third-order valence-electron chi connectivity index (χ3n) is 5.76. The molecule has 5 rings (SSSR count). The Hall–Kier alpha value is -3.41. The van der Waals surface area contributed by atoms with Crippen LogP contribution in [0.4, 0.5) is 5.82 Å². The quantitative estimate of drug-likeness (QED) is 0.420. The summed E-state index contributed by atoms with van der Waals surface area (Å²) in [7, 11) is 0. The van der Waals surface area contributed by atoms with E-state index >= 15 is 0 Å². The van der Waals surface area contributed by atoms with Gasteiger partial charge in [-0.05, 0) is 56.0 Å². The summed E-state index contributed by atoms with van der Waals surface area (Å²) in [6.45, 7) is 5.12. The first-order valence-corrected chi connectivity index (χ1v) is 11.1. The van der Waals surface area contributed by atoms with Gasteiger partial charge in [0.05, 0.1) is 22.9 Å². The maximum Gasteiger partial charge on any atom is 0.251 e. The van der Waals surface area contributed by atoms with E-state index < -0.39 is 0 Å². The lowest BCUT2D eigenvalue weighted by Crippen LogP contribution is -2.25. The fourth-order valence-corrected chi connectivity index (χ4v) is 3.84. The van der Waals surface area contributed by atoms with Gasteiger partial charge in [-0.25, -0.2) is 9.97 Å². The van der Waals surface area contributed by atoms with Crippen LogP contribution in [0.3, 0.4) is 0 Å². The van der Waals surface area contributed by atoms with Crippen molar-refractivity contribution in [3.8, 4) is 11.3 Å². The SMILES string of the molecule is CCCCNc1nc2cc(C)ccc2n2c(-c3ccc(C(=O)NC4CC4)cc3)cnc12. The number of unbranched alkanes of at least 4 members (excludes halogenated alkanes) is 1. The number of aromatic nitrogens is 3. The lowest BCUT2D eigenvalue weighted by molar-refractivity contribution is 0.0951. The van der Waals surface area contributed by atoms with Gasteiger partial charge in [0.15, 0.2) is 11.5 Å². The number of amides is 1. The molecule has 6 heteroatoms. The molecule has 1 aliphatic rings. The van der Waals surface area contributed by atoms with Crippen LogP contribution in [0.25, 0.3) is 27.9 Å². The number of imidazole rings is 1. The van der Waals surface area contributed by atoms with Gasteiger partial charge >= 0.3 is 0 Å². The molecule has 6 nitrogen and oxygen atoms in total. The van der Waals surface area contributed by atoms with E-state index in [2.05, 4.69) is 47.1 Å². The average Bonchev–Trinajstić information content (AvgIpc) is 3.48. The number of benzene rings is 2. The summed E-state index contributed by atoms with van der Waals surface area (Å²) >= 11 is 0. The Bertz CT molecular complexity index is 1250. The number of rotatable bonds is 7. The van der Waals surface area contributed by atoms with Gasteiger partial charge in [0.2, 0.25) is 0 Å². The fourth-order valence-electron chi connectivity index (χ4n) is 3.84. The van der Waals surface area contributed by atoms with Crippen molar-refractivity contribution in [2.75, 3.05) is 11.9 Å². The summed E-state index contributed by atoms with van der Waals surface area (Å²) in [6, 6.07) is 14.4. The van der Waals surface area contributed by atoms with Crippen LogP contribution in [0.1, 0.15) is 48.5 Å². The van der Waals surface area contributed by atoms with Crippen LogP contribution in [0.15, 0.2) is 48.7 Å². The number of nitrogens with zero attached hydrogens (tertiary/aromatic N) is 3. The molecule has 1 amide bonds. The Morgan fingerprint density at radius 1 is 1.16 bits per heavy atom. The summed E-state index contributed by atoms with van der Waals surface area (Å²) in [6.07, 6.45) is 6.26. The van der Waals surface area contributed by atoms with Gasteiger partial charge in [0, 0.05) is 23.7 Å². The highest BCUT2D eigenvalue weighted by Crippen LogP contribution is 2.29. The number of hydrogen-bond donors (Lipinski definition) is 2. The van der Waals surface area contributed by atoms with Crippen molar-refractivity contribution in [1.29, 1.82) is 0 Å². The number of hydrogen-bond acceptors (Lipinski definition) is 4. The second-order valence-corrected chi connectivity index (χ2v) is 8.36. The van der Waals surface area contributed by atoms with Crippen molar-refractivity contribution >= 4 is 28.4 Å². The second kappa shape index (κ2) is 8.02. The van der Waals surface area contributed by atoms with Gasteiger partial charge in [-0.15, -0.1) is 0 Å². The van der Waals surface area contributed by atoms with Crippen molar-refractivity contribution in [2.45, 2.75) is 45.6 Å². The van der Waals surface area contributed by atoms with Crippen LogP contribution in [0, 0.1) is 6.92 Å². The molecule has 2 heterocycles. The van der Waals surface area contributed by atoms with Gasteiger partial charge in [-0.1, -0.05) is 31.5 Å². The number of carbonyl (C=O) groups excluding carboxylic acids is 1. The number of anilines is 1. The third-order valence-corrected chi connectivity index (χ3v) is 5.76. The molecule has 0 aliphatic heterocycles. The molecule has 2 N–H and O–H groups in total. The average molecular weight is 414 g/mol. The Labute approximate surface area is 181 Å². The minimum absolute atomic E-state index is 0.000252. The molecule has 2 aromatic heterocycles. The van der Waals surface area contributed by atoms with Crippen molar-refractivity contribution in [3.05, 3.63) is 59.8 Å². The molecule has 1 fully saturated rings. The molecule has 1 saturated carbocycles. The number of fused-ring (bicyclic) bond motifs is 3. The molecule has 2 aromatic carbocycles. The molecule has 31 heavy (non-hydrogen) atoms. The third kappa shape index (κ3) is 3.85. The molecule has 0 unspecified atom stereocenters. The van der Waals surface area contributed by atoms with Crippen LogP contribution < -0.4 is 10.6 Å². The lowest BCUT2D eigenvalue weighted by Gasteiger charge is -2.12. The van der Waals surface area contributed by atoms with Gasteiger partial charge in [0.1, 0.15) is 0 Å². The van der Waals surface area contributed by atoms with E-state index in [4.69, 9.17) is 9.97 Å². The summed E-state index contributed by atoms with van der Waals surface area (Å²) in [5.41, 5.74) is 6.64. The Morgan fingerprint density at radius 3 is 2.71 bits per heavy atom. The van der Waals surface area contributed by atoms with Crippen LogP contribution in [-0.2, 0) is 0 Å². The van der Waals surface area contributed by atoms with E-state index in [1.165, 1.54) is 5.56 Å². The number of carbonyl (C=O) groups is 1. The molecule has 0 saturated heterocycles. The molecular weight excluding hydrogens is 386 g/mol. The molecule has 0 spiro atoms. The normalized spacial score (nSPS) is 13.6. The van der Waals surface area contributed by atoms with E-state index in [0.717, 1.165) is 66.0 Å².